The summed E-state index contributed by atoms with van der Waals surface area (Å²) in [5.74, 6) is 1.37. The number of hydrogen-bond acceptors (Lipinski definition) is 20. The Morgan fingerprint density at radius 2 is 0.832 bits per heavy atom. The first kappa shape index (κ1) is 77.5. The van der Waals surface area contributed by atoms with Crippen molar-refractivity contribution in [2.75, 3.05) is 21.3 Å². The molecular weight excluding hydrogens is 1540 g/mol. The molecule has 1 saturated carbocycles. The number of aromatic hydroxyl groups is 2. The van der Waals surface area contributed by atoms with Crippen molar-refractivity contribution < 1.29 is 53.0 Å². The SMILES string of the molecule is COC(=O)c1ccc2c(CBr)c3scnc3nc2c1OC(c1ccccc1)c1ccccc1.COC(=O)c1ccc2c(COc3cccc(C)c3)c3scnc3nc2c1OC(c1ccccc1)c1ccccc1.Cc1cccc(O)c1.Cc1cccc(OCc2c3ccc(C(=O)N(C)C4CCCC4)c(O)c3nc3ncsc23)c1. The third-order valence-corrected chi connectivity index (χ3v) is 22.7. The van der Waals surface area contributed by atoms with E-state index in [1.807, 2.05) is 228 Å². The lowest BCUT2D eigenvalue weighted by molar-refractivity contribution is 0.0585. The Hall–Kier alpha value is -12.2. The number of aryl methyl sites for hydroxylation is 3. The number of nitrogens with zero attached hydrogens (tertiary/aromatic N) is 7. The van der Waals surface area contributed by atoms with E-state index in [0.717, 1.165) is 123 Å². The highest BCUT2D eigenvalue weighted by molar-refractivity contribution is 9.08. The zero-order valence-electron chi connectivity index (χ0n) is 62.7. The van der Waals surface area contributed by atoms with Crippen LogP contribution in [0.4, 0.5) is 0 Å². The topological polar surface area (TPSA) is 228 Å². The highest BCUT2D eigenvalue weighted by atomic mass is 79.9. The number of alkyl halides is 1. The number of esters is 2. The fourth-order valence-electron chi connectivity index (χ4n) is 13.8. The van der Waals surface area contributed by atoms with E-state index in [1.165, 1.54) is 36.9 Å². The molecule has 17 rings (SSSR count). The zero-order valence-corrected chi connectivity index (χ0v) is 66.7. The van der Waals surface area contributed by atoms with E-state index in [1.54, 1.807) is 63.1 Å². The Morgan fingerprint density at radius 3 is 1.21 bits per heavy atom. The van der Waals surface area contributed by atoms with Crippen LogP contribution in [0.3, 0.4) is 0 Å². The number of hydrogen-bond donors (Lipinski definition) is 2. The van der Waals surface area contributed by atoms with Crippen LogP contribution in [0.2, 0.25) is 0 Å². The van der Waals surface area contributed by atoms with E-state index in [0.29, 0.717) is 80.4 Å². The van der Waals surface area contributed by atoms with Crippen molar-refractivity contribution in [2.24, 2.45) is 0 Å². The van der Waals surface area contributed by atoms with Crippen molar-refractivity contribution in [1.82, 2.24) is 34.8 Å². The number of methoxy groups -OCH3 is 2. The lowest BCUT2D eigenvalue weighted by Crippen LogP contribution is -2.35. The number of aromatic nitrogens is 6. The Labute approximate surface area is 673 Å². The second kappa shape index (κ2) is 35.9. The quantitative estimate of drug-likeness (QED) is 0.0566. The molecule has 0 spiro atoms. The maximum Gasteiger partial charge on any atom is 0.341 e. The highest BCUT2D eigenvalue weighted by Crippen LogP contribution is 2.43. The second-order valence-corrected chi connectivity index (χ2v) is 30.1. The Kier molecular flexibility index (Phi) is 24.6. The molecule has 10 aromatic carbocycles. The summed E-state index contributed by atoms with van der Waals surface area (Å²) in [5, 5.41) is 23.0. The third kappa shape index (κ3) is 17.5. The van der Waals surface area contributed by atoms with Crippen molar-refractivity contribution in [3.8, 4) is 34.5 Å². The molecule has 0 aliphatic heterocycles. The number of phenols is 2. The molecule has 1 fully saturated rings. The van der Waals surface area contributed by atoms with Gasteiger partial charge in [-0.3, -0.25) is 4.79 Å². The number of carbonyl (C=O) groups is 3. The van der Waals surface area contributed by atoms with Gasteiger partial charge in [0.25, 0.3) is 5.91 Å². The number of fused-ring (bicyclic) bond motifs is 6. The van der Waals surface area contributed by atoms with Crippen molar-refractivity contribution in [2.45, 2.75) is 83.2 Å². The fourth-order valence-corrected chi connectivity index (χ4v) is 16.9. The molecule has 568 valence electrons. The molecular formula is C91H78BrN7O11S3. The van der Waals surface area contributed by atoms with Gasteiger partial charge in [-0.2, -0.15) is 0 Å². The minimum atomic E-state index is -0.505. The molecule has 6 aromatic heterocycles. The van der Waals surface area contributed by atoms with Crippen molar-refractivity contribution in [3.63, 3.8) is 0 Å². The smallest absolute Gasteiger partial charge is 0.341 e. The molecule has 0 saturated heterocycles. The van der Waals surface area contributed by atoms with Gasteiger partial charge in [0.05, 0.1) is 50.4 Å². The van der Waals surface area contributed by atoms with Gasteiger partial charge < -0.3 is 43.5 Å². The van der Waals surface area contributed by atoms with Crippen LogP contribution in [0.25, 0.3) is 63.8 Å². The fraction of sp³-hybridized carbons (Fsp3) is 0.176. The van der Waals surface area contributed by atoms with E-state index in [-0.39, 0.29) is 23.3 Å². The molecule has 1 aliphatic rings. The molecule has 6 heterocycles. The Balaban J connectivity index is 0.000000134. The number of halogens is 1. The van der Waals surface area contributed by atoms with Gasteiger partial charge in [0.15, 0.2) is 34.2 Å². The first-order chi connectivity index (χ1) is 55.1. The van der Waals surface area contributed by atoms with Gasteiger partial charge in [0.1, 0.15) is 70.3 Å². The summed E-state index contributed by atoms with van der Waals surface area (Å²) in [6, 6.07) is 73.7. The molecule has 0 atom stereocenters. The van der Waals surface area contributed by atoms with Gasteiger partial charge in [-0.25, -0.2) is 39.5 Å². The van der Waals surface area contributed by atoms with E-state index >= 15 is 0 Å². The minimum Gasteiger partial charge on any atom is -0.508 e. The third-order valence-electron chi connectivity index (χ3n) is 19.5. The first-order valence-corrected chi connectivity index (χ1v) is 40.3. The normalized spacial score (nSPS) is 11.9. The molecule has 2 N–H and O–H groups in total. The molecule has 22 heteroatoms. The van der Waals surface area contributed by atoms with Crippen molar-refractivity contribution in [3.05, 3.63) is 319 Å². The van der Waals surface area contributed by atoms with Gasteiger partial charge in [0, 0.05) is 45.7 Å². The minimum absolute atomic E-state index is 0.0935. The van der Waals surface area contributed by atoms with Gasteiger partial charge in [-0.05, 0) is 133 Å². The molecule has 0 unspecified atom stereocenters. The summed E-state index contributed by atoms with van der Waals surface area (Å²) in [4.78, 5) is 68.2. The van der Waals surface area contributed by atoms with Crippen LogP contribution >= 0.6 is 49.9 Å². The van der Waals surface area contributed by atoms with Crippen molar-refractivity contribution in [1.29, 1.82) is 0 Å². The largest absolute Gasteiger partial charge is 0.508 e. The van der Waals surface area contributed by atoms with Crippen LogP contribution in [-0.4, -0.2) is 90.2 Å². The lowest BCUT2D eigenvalue weighted by Gasteiger charge is -2.25. The maximum atomic E-state index is 13.1. The number of pyridine rings is 3. The molecule has 18 nitrogen and oxygen atoms in total. The average molecular weight is 1620 g/mol. The van der Waals surface area contributed by atoms with Gasteiger partial charge in [-0.1, -0.05) is 205 Å². The number of ether oxygens (including phenoxy) is 6. The summed E-state index contributed by atoms with van der Waals surface area (Å²) in [6.07, 6.45) is 3.36. The standard InChI is InChI=1S/C33H26N2O4S.C26H19BrN2O3S.C25H25N3O3S.C7H8O/c1-21-10-9-15-24(18-21)38-19-27-25-16-17-26(33(36)37-2)30(28(25)35-32-31(27)40-20-34-32)39-29(22-11-5-3-6-12-22)23-13-7-4-8-14-23;1-31-26(30)19-13-12-18-20(14-27)24-25(28-15-33-24)29-21(18)23(19)32-22(16-8-4-2-5-9-16)17-10-6-3-7-11-17;1-15-6-5-9-17(12-15)31-13-20-18-10-11-19(25(30)28(2)16-7-3-4-8-16)22(29)21(18)27-24-23(20)32-14-26-24;1-6-3-2-4-7(8)5-6/h3-18,20,29H,19H2,1-2H3;2-13,15,22H,14H2,1H3;5-6,9-12,14,16,29H,3-4,7-8,13H2,1-2H3;2-5,8H,1H3. The van der Waals surface area contributed by atoms with E-state index in [2.05, 4.69) is 35.9 Å². The summed E-state index contributed by atoms with van der Waals surface area (Å²) in [6.45, 7) is 6.62. The summed E-state index contributed by atoms with van der Waals surface area (Å²) < 4.78 is 38.9. The number of amides is 1. The molecule has 1 amide bonds. The summed E-state index contributed by atoms with van der Waals surface area (Å²) in [7, 11) is 4.55. The second-order valence-electron chi connectivity index (χ2n) is 27.0. The predicted octanol–water partition coefficient (Wildman–Crippen LogP) is 21.5. The first-order valence-electron chi connectivity index (χ1n) is 36.6. The van der Waals surface area contributed by atoms with E-state index in [9.17, 15) is 19.5 Å². The van der Waals surface area contributed by atoms with Crippen LogP contribution in [-0.2, 0) is 28.0 Å². The van der Waals surface area contributed by atoms with Gasteiger partial charge in [-0.15, -0.1) is 34.0 Å². The molecule has 16 aromatic rings. The molecule has 1 aliphatic carbocycles. The van der Waals surface area contributed by atoms with Crippen LogP contribution < -0.4 is 18.9 Å². The number of phenolic OH excluding ortho intramolecular Hbond substituents is 2. The van der Waals surface area contributed by atoms with Crippen LogP contribution in [0.5, 0.6) is 34.5 Å². The zero-order chi connectivity index (χ0) is 78.5. The number of benzene rings is 10. The molecule has 0 radical (unpaired) electrons. The lowest BCUT2D eigenvalue weighted by atomic mass is 10.0. The Bertz CT molecular complexity index is 5970. The van der Waals surface area contributed by atoms with Gasteiger partial charge in [0.2, 0.25) is 0 Å². The summed E-state index contributed by atoms with van der Waals surface area (Å²) >= 11 is 8.16. The van der Waals surface area contributed by atoms with Crippen molar-refractivity contribution >= 4 is 132 Å². The van der Waals surface area contributed by atoms with E-state index in [4.69, 9.17) is 43.5 Å². The number of rotatable bonds is 19. The molecule has 0 bridgehead atoms. The van der Waals surface area contributed by atoms with Crippen LogP contribution in [0, 0.1) is 20.8 Å². The van der Waals surface area contributed by atoms with Crippen LogP contribution in [0.1, 0.15) is 125 Å². The molecule has 113 heavy (non-hydrogen) atoms. The average Bonchev–Trinajstić information content (AvgIpc) is 1.73. The number of thiazole rings is 3. The van der Waals surface area contributed by atoms with E-state index < -0.39 is 24.1 Å². The highest BCUT2D eigenvalue weighted by Gasteiger charge is 2.31. The van der Waals surface area contributed by atoms with Crippen LogP contribution in [0.15, 0.2) is 247 Å². The maximum absolute atomic E-state index is 13.1. The van der Waals surface area contributed by atoms with Gasteiger partial charge >= 0.3 is 11.9 Å². The predicted molar refractivity (Wildman–Crippen MR) is 451 cm³/mol. The summed E-state index contributed by atoms with van der Waals surface area (Å²) in [5.41, 5.74) is 19.5. The monoisotopic (exact) mass is 1620 g/mol. The number of carbonyl (C=O) groups excluding carboxylic acids is 3. The Morgan fingerprint density at radius 1 is 0.460 bits per heavy atom.